The van der Waals surface area contributed by atoms with Gasteiger partial charge in [0.05, 0.1) is 17.6 Å². The van der Waals surface area contributed by atoms with Gasteiger partial charge in [-0.15, -0.1) is 0 Å². The van der Waals surface area contributed by atoms with Crippen LogP contribution in [0.15, 0.2) is 24.3 Å². The molecule has 0 spiro atoms. The Bertz CT molecular complexity index is 527. The van der Waals surface area contributed by atoms with Crippen molar-refractivity contribution in [3.05, 3.63) is 29.8 Å². The molecule has 0 aromatic heterocycles. The molecule has 5 heteroatoms. The zero-order valence-electron chi connectivity index (χ0n) is 11.2. The van der Waals surface area contributed by atoms with Gasteiger partial charge in [-0.2, -0.15) is 0 Å². The second-order valence-electron chi connectivity index (χ2n) is 4.98. The Hall–Kier alpha value is -1.07. The molecule has 0 amide bonds. The van der Waals surface area contributed by atoms with E-state index in [1.54, 1.807) is 0 Å². The van der Waals surface area contributed by atoms with Gasteiger partial charge in [0.25, 0.3) is 0 Å². The Morgan fingerprint density at radius 2 is 2.00 bits per heavy atom. The summed E-state index contributed by atoms with van der Waals surface area (Å²) in [5, 5.41) is 10.1. The highest BCUT2D eigenvalue weighted by Gasteiger charge is 2.22. The van der Waals surface area contributed by atoms with Crippen LogP contribution in [0.2, 0.25) is 0 Å². The Balaban J connectivity index is 2.26. The highest BCUT2D eigenvalue weighted by atomic mass is 32.2. The lowest BCUT2D eigenvalue weighted by Crippen LogP contribution is -2.28. The number of nitrogens with zero attached hydrogens (tertiary/aromatic N) is 1. The van der Waals surface area contributed by atoms with Gasteiger partial charge >= 0.3 is 0 Å². The second kappa shape index (κ2) is 5.92. The van der Waals surface area contributed by atoms with Crippen molar-refractivity contribution in [2.45, 2.75) is 25.9 Å². The second-order valence-corrected chi connectivity index (χ2v) is 7.28. The van der Waals surface area contributed by atoms with E-state index in [1.165, 1.54) is 0 Å². The molecule has 1 aromatic carbocycles. The van der Waals surface area contributed by atoms with Gasteiger partial charge < -0.3 is 10.0 Å². The number of anilines is 1. The van der Waals surface area contributed by atoms with Crippen LogP contribution in [0.4, 0.5) is 5.69 Å². The summed E-state index contributed by atoms with van der Waals surface area (Å²) in [5.74, 6) is 0.464. The number of hydrogen-bond donors (Lipinski definition) is 1. The van der Waals surface area contributed by atoms with Crippen molar-refractivity contribution in [2.24, 2.45) is 0 Å². The molecular weight excluding hydrogens is 262 g/mol. The largest absolute Gasteiger partial charge is 0.388 e. The first-order valence-corrected chi connectivity index (χ1v) is 8.58. The minimum Gasteiger partial charge on any atom is -0.388 e. The third kappa shape index (κ3) is 3.48. The maximum absolute atomic E-state index is 11.6. The van der Waals surface area contributed by atoms with Crippen LogP contribution in [-0.4, -0.2) is 38.1 Å². The van der Waals surface area contributed by atoms with Gasteiger partial charge in [-0.1, -0.05) is 25.1 Å². The fourth-order valence-electron chi connectivity index (χ4n) is 2.46. The summed E-state index contributed by atoms with van der Waals surface area (Å²) in [6, 6.07) is 7.72. The molecule has 1 aliphatic heterocycles. The summed E-state index contributed by atoms with van der Waals surface area (Å²) in [6.45, 7) is 3.18. The SMILES string of the molecule is CC[C@H](O)c1ccccc1N1CCCS(=O)(=O)CC1. The van der Waals surface area contributed by atoms with Crippen molar-refractivity contribution in [1.29, 1.82) is 0 Å². The predicted octanol–water partition coefficient (Wildman–Crippen LogP) is 1.75. The van der Waals surface area contributed by atoms with Crippen LogP contribution in [0.5, 0.6) is 0 Å². The van der Waals surface area contributed by atoms with E-state index in [0.29, 0.717) is 19.4 Å². The molecule has 1 aliphatic rings. The van der Waals surface area contributed by atoms with E-state index >= 15 is 0 Å². The first kappa shape index (κ1) is 14.3. The Labute approximate surface area is 115 Å². The van der Waals surface area contributed by atoms with E-state index in [-0.39, 0.29) is 11.5 Å². The van der Waals surface area contributed by atoms with Crippen molar-refractivity contribution < 1.29 is 13.5 Å². The molecule has 1 aromatic rings. The van der Waals surface area contributed by atoms with Crippen molar-refractivity contribution in [2.75, 3.05) is 29.5 Å². The minimum atomic E-state index is -2.90. The molecule has 0 aliphatic carbocycles. The summed E-state index contributed by atoms with van der Waals surface area (Å²) >= 11 is 0. The molecule has 0 bridgehead atoms. The van der Waals surface area contributed by atoms with Crippen LogP contribution in [0.25, 0.3) is 0 Å². The molecule has 0 saturated carbocycles. The number of aliphatic hydroxyl groups excluding tert-OH is 1. The smallest absolute Gasteiger partial charge is 0.152 e. The number of aliphatic hydroxyl groups is 1. The fourth-order valence-corrected chi connectivity index (χ4v) is 3.73. The molecule has 106 valence electrons. The molecule has 0 radical (unpaired) electrons. The molecular formula is C14H21NO3S. The van der Waals surface area contributed by atoms with Gasteiger partial charge in [0, 0.05) is 24.3 Å². The Kier molecular flexibility index (Phi) is 4.47. The third-order valence-electron chi connectivity index (χ3n) is 3.58. The fraction of sp³-hybridized carbons (Fsp3) is 0.571. The lowest BCUT2D eigenvalue weighted by molar-refractivity contribution is 0.174. The summed E-state index contributed by atoms with van der Waals surface area (Å²) in [4.78, 5) is 2.08. The van der Waals surface area contributed by atoms with Gasteiger partial charge in [-0.3, -0.25) is 0 Å². The monoisotopic (exact) mass is 283 g/mol. The van der Waals surface area contributed by atoms with Crippen molar-refractivity contribution in [1.82, 2.24) is 0 Å². The predicted molar refractivity (Wildman–Crippen MR) is 77.2 cm³/mol. The van der Waals surface area contributed by atoms with Crippen molar-refractivity contribution in [3.63, 3.8) is 0 Å². The number of hydrogen-bond acceptors (Lipinski definition) is 4. The van der Waals surface area contributed by atoms with E-state index in [1.807, 2.05) is 31.2 Å². The maximum Gasteiger partial charge on any atom is 0.152 e. The summed E-state index contributed by atoms with van der Waals surface area (Å²) in [6.07, 6.45) is 0.818. The van der Waals surface area contributed by atoms with Crippen molar-refractivity contribution in [3.8, 4) is 0 Å². The third-order valence-corrected chi connectivity index (χ3v) is 5.29. The quantitative estimate of drug-likeness (QED) is 0.918. The Morgan fingerprint density at radius 3 is 2.74 bits per heavy atom. The van der Waals surface area contributed by atoms with Crippen LogP contribution < -0.4 is 4.90 Å². The number of para-hydroxylation sites is 1. The lowest BCUT2D eigenvalue weighted by Gasteiger charge is -2.26. The van der Waals surface area contributed by atoms with Gasteiger partial charge in [0.15, 0.2) is 9.84 Å². The highest BCUT2D eigenvalue weighted by molar-refractivity contribution is 7.91. The van der Waals surface area contributed by atoms with Crippen LogP contribution in [0.1, 0.15) is 31.4 Å². The zero-order valence-corrected chi connectivity index (χ0v) is 12.1. The molecule has 2 rings (SSSR count). The van der Waals surface area contributed by atoms with E-state index in [2.05, 4.69) is 4.90 Å². The topological polar surface area (TPSA) is 57.6 Å². The van der Waals surface area contributed by atoms with E-state index in [0.717, 1.165) is 17.8 Å². The minimum absolute atomic E-state index is 0.198. The average molecular weight is 283 g/mol. The van der Waals surface area contributed by atoms with Crippen LogP contribution in [0, 0.1) is 0 Å². The van der Waals surface area contributed by atoms with Crippen LogP contribution >= 0.6 is 0 Å². The zero-order chi connectivity index (χ0) is 13.9. The van der Waals surface area contributed by atoms with E-state index < -0.39 is 15.9 Å². The highest BCUT2D eigenvalue weighted by Crippen LogP contribution is 2.29. The lowest BCUT2D eigenvalue weighted by atomic mass is 10.0. The standard InChI is InChI=1S/C14H21NO3S/c1-2-14(16)12-6-3-4-7-13(12)15-8-5-10-19(17,18)11-9-15/h3-4,6-7,14,16H,2,5,8-11H2,1H3/t14-/m0/s1. The van der Waals surface area contributed by atoms with Crippen LogP contribution in [-0.2, 0) is 9.84 Å². The first-order chi connectivity index (χ1) is 9.03. The summed E-state index contributed by atoms with van der Waals surface area (Å²) < 4.78 is 23.3. The van der Waals surface area contributed by atoms with Crippen LogP contribution in [0.3, 0.4) is 0 Å². The Morgan fingerprint density at radius 1 is 1.26 bits per heavy atom. The van der Waals surface area contributed by atoms with Crippen molar-refractivity contribution >= 4 is 15.5 Å². The number of sulfone groups is 1. The van der Waals surface area contributed by atoms with E-state index in [4.69, 9.17) is 0 Å². The molecule has 1 atom stereocenters. The average Bonchev–Trinajstić information content (AvgIpc) is 2.59. The van der Waals surface area contributed by atoms with Gasteiger partial charge in [-0.25, -0.2) is 8.42 Å². The molecule has 0 unspecified atom stereocenters. The first-order valence-electron chi connectivity index (χ1n) is 6.76. The van der Waals surface area contributed by atoms with Gasteiger partial charge in [0.1, 0.15) is 0 Å². The molecule has 19 heavy (non-hydrogen) atoms. The molecule has 4 nitrogen and oxygen atoms in total. The molecule has 1 N–H and O–H groups in total. The molecule has 1 fully saturated rings. The molecule has 1 heterocycles. The number of rotatable bonds is 3. The normalized spacial score (nSPS) is 20.8. The maximum atomic E-state index is 11.6. The number of benzene rings is 1. The van der Waals surface area contributed by atoms with Gasteiger partial charge in [-0.05, 0) is 18.9 Å². The summed E-state index contributed by atoms with van der Waals surface area (Å²) in [5.41, 5.74) is 1.86. The molecule has 1 saturated heterocycles. The summed E-state index contributed by atoms with van der Waals surface area (Å²) in [7, 11) is -2.90. The van der Waals surface area contributed by atoms with E-state index in [9.17, 15) is 13.5 Å². The van der Waals surface area contributed by atoms with Gasteiger partial charge in [0.2, 0.25) is 0 Å².